The summed E-state index contributed by atoms with van der Waals surface area (Å²) in [5.41, 5.74) is 3.66. The van der Waals surface area contributed by atoms with Crippen molar-refractivity contribution in [1.82, 2.24) is 10.2 Å². The molecule has 0 bridgehead atoms. The number of ether oxygens (including phenoxy) is 1. The van der Waals surface area contributed by atoms with Crippen LogP contribution in [-0.2, 0) is 12.8 Å². The Hall–Kier alpha value is -4.43. The van der Waals surface area contributed by atoms with Crippen LogP contribution >= 0.6 is 0 Å². The first-order valence-electron chi connectivity index (χ1n) is 15.8. The van der Waals surface area contributed by atoms with Gasteiger partial charge < -0.3 is 20.3 Å². The maximum Gasteiger partial charge on any atom is 0.254 e. The fourth-order valence-corrected chi connectivity index (χ4v) is 5.79. The summed E-state index contributed by atoms with van der Waals surface area (Å²) >= 11 is 0. The molecule has 0 heterocycles. The first kappa shape index (κ1) is 34.4. The molecule has 3 N–H and O–H groups in total. The molecule has 0 unspecified atom stereocenters. The van der Waals surface area contributed by atoms with Crippen molar-refractivity contribution in [2.24, 2.45) is 0 Å². The van der Waals surface area contributed by atoms with Gasteiger partial charge in [0.05, 0.1) is 12.2 Å². The third-order valence-electron chi connectivity index (χ3n) is 8.26. The molecule has 0 aromatic heterocycles. The monoisotopic (exact) mass is 630 g/mol. The SMILES string of the molecule is CC(C)N(CC[C@H](c1ccccc1)c1cc(CCOc2ccc(CCNC(=O)c3ccc(O)c(F)c3F)cc2)ccc1O)C(C)C. The minimum absolute atomic E-state index is 0.0562. The molecule has 0 saturated heterocycles. The van der Waals surface area contributed by atoms with E-state index in [0.29, 0.717) is 43.0 Å². The Kier molecular flexibility index (Phi) is 12.1. The number of benzene rings is 4. The molecule has 1 amide bonds. The number of aromatic hydroxyl groups is 2. The van der Waals surface area contributed by atoms with Crippen LogP contribution in [0.25, 0.3) is 0 Å². The fraction of sp³-hybridized carbons (Fsp3) is 0.342. The second-order valence-corrected chi connectivity index (χ2v) is 12.1. The molecule has 0 saturated carbocycles. The van der Waals surface area contributed by atoms with Crippen LogP contribution in [0.5, 0.6) is 17.2 Å². The largest absolute Gasteiger partial charge is 0.508 e. The lowest BCUT2D eigenvalue weighted by molar-refractivity contribution is 0.0949. The lowest BCUT2D eigenvalue weighted by atomic mass is 9.86. The molecule has 4 rings (SSSR count). The fourth-order valence-electron chi connectivity index (χ4n) is 5.79. The van der Waals surface area contributed by atoms with Gasteiger partial charge in [0.2, 0.25) is 5.82 Å². The van der Waals surface area contributed by atoms with E-state index in [2.05, 4.69) is 56.1 Å². The predicted octanol–water partition coefficient (Wildman–Crippen LogP) is 7.61. The van der Waals surface area contributed by atoms with E-state index >= 15 is 0 Å². The van der Waals surface area contributed by atoms with Gasteiger partial charge in [0.15, 0.2) is 11.6 Å². The van der Waals surface area contributed by atoms with Gasteiger partial charge >= 0.3 is 0 Å². The maximum atomic E-state index is 13.9. The van der Waals surface area contributed by atoms with E-state index in [-0.39, 0.29) is 12.5 Å². The molecule has 46 heavy (non-hydrogen) atoms. The summed E-state index contributed by atoms with van der Waals surface area (Å²) in [6, 6.07) is 26.5. The lowest BCUT2D eigenvalue weighted by Gasteiger charge is -2.32. The number of nitrogens with one attached hydrogen (secondary N) is 1. The number of rotatable bonds is 15. The van der Waals surface area contributed by atoms with Crippen molar-refractivity contribution < 1.29 is 28.5 Å². The minimum atomic E-state index is -1.44. The number of halogens is 2. The maximum absolute atomic E-state index is 13.9. The molecule has 244 valence electrons. The zero-order chi connectivity index (χ0) is 33.2. The number of nitrogens with zero attached hydrogens (tertiary/aromatic N) is 1. The van der Waals surface area contributed by atoms with Crippen molar-refractivity contribution in [1.29, 1.82) is 0 Å². The molecule has 0 fully saturated rings. The first-order valence-corrected chi connectivity index (χ1v) is 15.8. The molecular formula is C38H44F2N2O4. The highest BCUT2D eigenvalue weighted by molar-refractivity contribution is 5.94. The van der Waals surface area contributed by atoms with Crippen LogP contribution in [0.2, 0.25) is 0 Å². The summed E-state index contributed by atoms with van der Waals surface area (Å²) in [6.07, 6.45) is 2.04. The second kappa shape index (κ2) is 16.2. The summed E-state index contributed by atoms with van der Waals surface area (Å²) in [6.45, 7) is 10.5. The van der Waals surface area contributed by atoms with E-state index in [1.54, 1.807) is 6.07 Å². The van der Waals surface area contributed by atoms with E-state index in [1.165, 1.54) is 5.56 Å². The summed E-state index contributed by atoms with van der Waals surface area (Å²) < 4.78 is 33.5. The van der Waals surface area contributed by atoms with E-state index in [1.807, 2.05) is 48.5 Å². The highest BCUT2D eigenvalue weighted by Gasteiger charge is 2.22. The highest BCUT2D eigenvalue weighted by Crippen LogP contribution is 2.35. The Morgan fingerprint density at radius 3 is 2.13 bits per heavy atom. The molecule has 8 heteroatoms. The number of carbonyl (C=O) groups is 1. The molecular weight excluding hydrogens is 586 g/mol. The number of carbonyl (C=O) groups excluding carboxylic acids is 1. The van der Waals surface area contributed by atoms with Gasteiger partial charge in [0.1, 0.15) is 11.5 Å². The second-order valence-electron chi connectivity index (χ2n) is 12.1. The lowest BCUT2D eigenvalue weighted by Crippen LogP contribution is -2.38. The summed E-state index contributed by atoms with van der Waals surface area (Å²) in [4.78, 5) is 14.7. The number of amides is 1. The normalized spacial score (nSPS) is 12.1. The van der Waals surface area contributed by atoms with Gasteiger partial charge in [0.25, 0.3) is 5.91 Å². The zero-order valence-corrected chi connectivity index (χ0v) is 27.0. The molecule has 0 aliphatic rings. The van der Waals surface area contributed by atoms with Crippen LogP contribution in [0, 0.1) is 11.6 Å². The van der Waals surface area contributed by atoms with Crippen molar-refractivity contribution in [2.75, 3.05) is 19.7 Å². The Morgan fingerprint density at radius 1 is 0.804 bits per heavy atom. The molecule has 0 aliphatic carbocycles. The average molecular weight is 631 g/mol. The quantitative estimate of drug-likeness (QED) is 0.126. The third kappa shape index (κ3) is 9.07. The number of phenolic OH excluding ortho intramolecular Hbond substituents is 2. The van der Waals surface area contributed by atoms with Crippen LogP contribution in [-0.4, -0.2) is 52.8 Å². The van der Waals surface area contributed by atoms with Crippen LogP contribution in [0.4, 0.5) is 8.78 Å². The van der Waals surface area contributed by atoms with Crippen molar-refractivity contribution >= 4 is 5.91 Å². The highest BCUT2D eigenvalue weighted by atomic mass is 19.2. The van der Waals surface area contributed by atoms with E-state index in [9.17, 15) is 23.8 Å². The average Bonchev–Trinajstić information content (AvgIpc) is 3.04. The number of phenols is 2. The molecule has 4 aromatic carbocycles. The smallest absolute Gasteiger partial charge is 0.254 e. The van der Waals surface area contributed by atoms with Gasteiger partial charge in [-0.25, -0.2) is 4.39 Å². The first-order chi connectivity index (χ1) is 22.0. The molecule has 0 spiro atoms. The van der Waals surface area contributed by atoms with Gasteiger partial charge in [-0.3, -0.25) is 9.69 Å². The Labute approximate surface area is 270 Å². The molecule has 6 nitrogen and oxygen atoms in total. The van der Waals surface area contributed by atoms with Gasteiger partial charge in [-0.05, 0) is 94.1 Å². The third-order valence-corrected chi connectivity index (χ3v) is 8.26. The van der Waals surface area contributed by atoms with Crippen LogP contribution < -0.4 is 10.1 Å². The molecule has 0 aliphatic heterocycles. The van der Waals surface area contributed by atoms with Crippen LogP contribution in [0.1, 0.15) is 72.6 Å². The minimum Gasteiger partial charge on any atom is -0.508 e. The van der Waals surface area contributed by atoms with Gasteiger partial charge in [-0.2, -0.15) is 4.39 Å². The van der Waals surface area contributed by atoms with Crippen LogP contribution in [0.15, 0.2) is 84.9 Å². The van der Waals surface area contributed by atoms with Crippen LogP contribution in [0.3, 0.4) is 0 Å². The van der Waals surface area contributed by atoms with Crippen molar-refractivity contribution in [2.45, 2.75) is 65.0 Å². The Bertz CT molecular complexity index is 1570. The summed E-state index contributed by atoms with van der Waals surface area (Å²) in [7, 11) is 0. The molecule has 4 aromatic rings. The number of hydrogen-bond donors (Lipinski definition) is 3. The van der Waals surface area contributed by atoms with E-state index < -0.39 is 28.9 Å². The predicted molar refractivity (Wildman–Crippen MR) is 178 cm³/mol. The van der Waals surface area contributed by atoms with Crippen molar-refractivity contribution in [3.05, 3.63) is 124 Å². The molecule has 1 atom stereocenters. The Morgan fingerprint density at radius 2 is 1.46 bits per heavy atom. The van der Waals surface area contributed by atoms with E-state index in [4.69, 9.17) is 4.74 Å². The van der Waals surface area contributed by atoms with Gasteiger partial charge in [-0.15, -0.1) is 0 Å². The number of hydrogen-bond acceptors (Lipinski definition) is 5. The van der Waals surface area contributed by atoms with Gasteiger partial charge in [-0.1, -0.05) is 54.6 Å². The van der Waals surface area contributed by atoms with Crippen molar-refractivity contribution in [3.63, 3.8) is 0 Å². The summed E-state index contributed by atoms with van der Waals surface area (Å²) in [5.74, 6) is -3.35. The zero-order valence-electron chi connectivity index (χ0n) is 27.0. The molecule has 0 radical (unpaired) electrons. The standard InChI is InChI=1S/C38H44F2N2O4/c1-25(2)42(26(3)4)22-19-31(29-8-6-5-7-9-29)33-24-28(12-16-34(33)43)20-23-46-30-13-10-27(11-14-30)18-21-41-38(45)32-15-17-35(44)37(40)36(32)39/h5-17,24-26,31,43-44H,18-23H2,1-4H3,(H,41,45)/t31-/m1/s1. The van der Waals surface area contributed by atoms with E-state index in [0.717, 1.165) is 41.8 Å². The van der Waals surface area contributed by atoms with Crippen molar-refractivity contribution in [3.8, 4) is 17.2 Å². The van der Waals surface area contributed by atoms with Gasteiger partial charge in [0, 0.05) is 36.5 Å². The Balaban J connectivity index is 1.33. The topological polar surface area (TPSA) is 82.0 Å². The summed E-state index contributed by atoms with van der Waals surface area (Å²) in [5, 5.41) is 22.8.